The van der Waals surface area contributed by atoms with Gasteiger partial charge >= 0.3 is 6.18 Å². The number of alkyl halides is 3. The zero-order valence-corrected chi connectivity index (χ0v) is 21.9. The Bertz CT molecular complexity index is 1700. The Morgan fingerprint density at radius 1 is 0.854 bits per heavy atom. The maximum Gasteiger partial charge on any atom is 0.433 e. The van der Waals surface area contributed by atoms with Gasteiger partial charge in [-0.3, -0.25) is 14.8 Å². The number of ether oxygens (including phenoxy) is 1. The number of carbonyl (C=O) groups excluding carboxylic acids is 1. The van der Waals surface area contributed by atoms with Crippen molar-refractivity contribution < 1.29 is 22.7 Å². The number of ketones is 1. The molecule has 1 N–H and O–H groups in total. The highest BCUT2D eigenvalue weighted by molar-refractivity contribution is 5.87. The first-order valence-corrected chi connectivity index (χ1v) is 13.1. The standard InChI is InChI=1S/C30H25F3N6O2/c31-30(32,33)27-12-19(3-5-34-27)11-25(40)16-24-2-1-21(17-36-24)23-13-22-14-26(38-29(22)37-18-23)20-4-6-35-28(15-20)39-7-9-41-10-8-39/h1-6,12-15,17-18H,7-11,16H2,(H,37,38). The molecule has 5 aromatic rings. The molecule has 0 saturated carbocycles. The zero-order chi connectivity index (χ0) is 28.4. The monoisotopic (exact) mass is 558 g/mol. The van der Waals surface area contributed by atoms with Gasteiger partial charge < -0.3 is 14.6 Å². The van der Waals surface area contributed by atoms with Gasteiger partial charge in [0.25, 0.3) is 0 Å². The number of halogens is 3. The van der Waals surface area contributed by atoms with Crippen molar-refractivity contribution in [2.24, 2.45) is 0 Å². The van der Waals surface area contributed by atoms with Gasteiger partial charge in [-0.05, 0) is 48.0 Å². The largest absolute Gasteiger partial charge is 0.433 e. The molecule has 41 heavy (non-hydrogen) atoms. The summed E-state index contributed by atoms with van der Waals surface area (Å²) in [6.07, 6.45) is 1.64. The van der Waals surface area contributed by atoms with Crippen LogP contribution in [0.2, 0.25) is 0 Å². The van der Waals surface area contributed by atoms with E-state index in [1.165, 1.54) is 6.07 Å². The molecule has 0 radical (unpaired) electrons. The zero-order valence-electron chi connectivity index (χ0n) is 21.9. The fraction of sp³-hybridized carbons (Fsp3) is 0.233. The highest BCUT2D eigenvalue weighted by Crippen LogP contribution is 2.29. The summed E-state index contributed by atoms with van der Waals surface area (Å²) >= 11 is 0. The third kappa shape index (κ3) is 6.09. The number of H-pyrrole nitrogens is 1. The van der Waals surface area contributed by atoms with Crippen LogP contribution in [0.5, 0.6) is 0 Å². The molecule has 0 aliphatic carbocycles. The molecule has 0 unspecified atom stereocenters. The molecular weight excluding hydrogens is 533 g/mol. The third-order valence-corrected chi connectivity index (χ3v) is 6.91. The van der Waals surface area contributed by atoms with Crippen LogP contribution in [-0.2, 0) is 28.5 Å². The number of hydrogen-bond acceptors (Lipinski definition) is 7. The van der Waals surface area contributed by atoms with Gasteiger partial charge in [-0.1, -0.05) is 6.07 Å². The van der Waals surface area contributed by atoms with Gasteiger partial charge in [0.1, 0.15) is 22.9 Å². The number of pyridine rings is 4. The number of Topliss-reactive ketones (excluding diaryl/α,β-unsaturated/α-hetero) is 1. The summed E-state index contributed by atoms with van der Waals surface area (Å²) in [5.41, 5.74) is 4.20. The minimum atomic E-state index is -4.55. The van der Waals surface area contributed by atoms with Crippen LogP contribution >= 0.6 is 0 Å². The van der Waals surface area contributed by atoms with E-state index in [4.69, 9.17) is 4.74 Å². The third-order valence-electron chi connectivity index (χ3n) is 6.91. The summed E-state index contributed by atoms with van der Waals surface area (Å²) in [6.45, 7) is 2.99. The van der Waals surface area contributed by atoms with Crippen molar-refractivity contribution >= 4 is 22.6 Å². The first-order valence-electron chi connectivity index (χ1n) is 13.1. The molecule has 1 aliphatic heterocycles. The van der Waals surface area contributed by atoms with Gasteiger partial charge in [-0.15, -0.1) is 0 Å². The molecule has 0 bridgehead atoms. The summed E-state index contributed by atoms with van der Waals surface area (Å²) in [6, 6.07) is 14.0. The average molecular weight is 559 g/mol. The molecular formula is C30H25F3N6O2. The molecule has 0 spiro atoms. The van der Waals surface area contributed by atoms with Crippen LogP contribution in [-0.4, -0.2) is 57.0 Å². The summed E-state index contributed by atoms with van der Waals surface area (Å²) in [5, 5.41) is 0.942. The van der Waals surface area contributed by atoms with E-state index in [0.29, 0.717) is 18.9 Å². The summed E-state index contributed by atoms with van der Waals surface area (Å²) < 4.78 is 44.2. The number of nitrogens with one attached hydrogen (secondary N) is 1. The van der Waals surface area contributed by atoms with E-state index in [2.05, 4.69) is 35.9 Å². The number of anilines is 1. The van der Waals surface area contributed by atoms with E-state index in [0.717, 1.165) is 64.6 Å². The summed E-state index contributed by atoms with van der Waals surface area (Å²) in [7, 11) is 0. The van der Waals surface area contributed by atoms with Crippen LogP contribution in [0.4, 0.5) is 19.0 Å². The van der Waals surface area contributed by atoms with Crippen molar-refractivity contribution in [3.8, 4) is 22.4 Å². The van der Waals surface area contributed by atoms with Crippen LogP contribution < -0.4 is 4.90 Å². The molecule has 1 aliphatic rings. The minimum absolute atomic E-state index is 0.0147. The van der Waals surface area contributed by atoms with Crippen LogP contribution in [0.3, 0.4) is 0 Å². The van der Waals surface area contributed by atoms with E-state index < -0.39 is 11.9 Å². The van der Waals surface area contributed by atoms with Gasteiger partial charge in [-0.25, -0.2) is 9.97 Å². The highest BCUT2D eigenvalue weighted by atomic mass is 19.4. The molecule has 6 rings (SSSR count). The van der Waals surface area contributed by atoms with Crippen LogP contribution in [0.15, 0.2) is 73.3 Å². The number of aromatic amines is 1. The molecule has 1 saturated heterocycles. The second-order valence-corrected chi connectivity index (χ2v) is 9.82. The van der Waals surface area contributed by atoms with Crippen LogP contribution in [0, 0.1) is 0 Å². The maximum atomic E-state index is 12.9. The molecule has 1 fully saturated rings. The predicted molar refractivity (Wildman–Crippen MR) is 147 cm³/mol. The molecule has 8 nitrogen and oxygen atoms in total. The number of rotatable bonds is 7. The van der Waals surface area contributed by atoms with Gasteiger partial charge in [0.2, 0.25) is 0 Å². The molecule has 208 valence electrons. The molecule has 11 heteroatoms. The van der Waals surface area contributed by atoms with Crippen molar-refractivity contribution in [1.82, 2.24) is 24.9 Å². The Labute approximate surface area is 233 Å². The SMILES string of the molecule is O=C(Cc1ccnc(C(F)(F)F)c1)Cc1ccc(-c2cnc3[nH]c(-c4ccnc(N5CCOCC5)c4)cc3c2)cn1. The molecule has 6 heterocycles. The van der Waals surface area contributed by atoms with Gasteiger partial charge in [0.15, 0.2) is 0 Å². The van der Waals surface area contributed by atoms with E-state index in [9.17, 15) is 18.0 Å². The van der Waals surface area contributed by atoms with Gasteiger partial charge in [0, 0.05) is 84.2 Å². The minimum Gasteiger partial charge on any atom is -0.378 e. The Balaban J connectivity index is 1.14. The van der Waals surface area contributed by atoms with Crippen LogP contribution in [0.1, 0.15) is 17.0 Å². The fourth-order valence-corrected chi connectivity index (χ4v) is 4.81. The Kier molecular flexibility index (Phi) is 7.19. The van der Waals surface area contributed by atoms with E-state index in [1.807, 2.05) is 24.3 Å². The number of carbonyl (C=O) groups is 1. The first-order chi connectivity index (χ1) is 19.8. The second-order valence-electron chi connectivity index (χ2n) is 9.82. The lowest BCUT2D eigenvalue weighted by atomic mass is 10.0. The second kappa shape index (κ2) is 11.1. The normalized spacial score (nSPS) is 14.0. The lowest BCUT2D eigenvalue weighted by Crippen LogP contribution is -2.36. The van der Waals surface area contributed by atoms with Crippen LogP contribution in [0.25, 0.3) is 33.4 Å². The Morgan fingerprint density at radius 3 is 2.44 bits per heavy atom. The molecule has 0 amide bonds. The Hall–Kier alpha value is -4.64. The average Bonchev–Trinajstić information content (AvgIpc) is 3.42. The Morgan fingerprint density at radius 2 is 1.66 bits per heavy atom. The number of hydrogen-bond donors (Lipinski definition) is 1. The summed E-state index contributed by atoms with van der Waals surface area (Å²) in [4.78, 5) is 35.0. The molecule has 0 aromatic carbocycles. The van der Waals surface area contributed by atoms with E-state index >= 15 is 0 Å². The van der Waals surface area contributed by atoms with Crippen molar-refractivity contribution in [2.45, 2.75) is 19.0 Å². The number of fused-ring (bicyclic) bond motifs is 1. The molecule has 0 atom stereocenters. The lowest BCUT2D eigenvalue weighted by Gasteiger charge is -2.27. The van der Waals surface area contributed by atoms with Crippen molar-refractivity contribution in [3.05, 3.63) is 90.3 Å². The van der Waals surface area contributed by atoms with Crippen molar-refractivity contribution in [2.75, 3.05) is 31.2 Å². The van der Waals surface area contributed by atoms with Gasteiger partial charge in [-0.2, -0.15) is 13.2 Å². The maximum absolute atomic E-state index is 12.9. The van der Waals surface area contributed by atoms with Crippen molar-refractivity contribution in [3.63, 3.8) is 0 Å². The topological polar surface area (TPSA) is 96.9 Å². The van der Waals surface area contributed by atoms with Gasteiger partial charge in [0.05, 0.1) is 13.2 Å². The predicted octanol–water partition coefficient (Wildman–Crippen LogP) is 5.29. The number of morpholine rings is 1. The van der Waals surface area contributed by atoms with E-state index in [1.54, 1.807) is 24.7 Å². The molecule has 5 aromatic heterocycles. The summed E-state index contributed by atoms with van der Waals surface area (Å²) in [5.74, 6) is 0.676. The number of aromatic nitrogens is 5. The fourth-order valence-electron chi connectivity index (χ4n) is 4.81. The first kappa shape index (κ1) is 26.6. The van der Waals surface area contributed by atoms with E-state index in [-0.39, 0.29) is 24.2 Å². The highest BCUT2D eigenvalue weighted by Gasteiger charge is 2.32. The quantitative estimate of drug-likeness (QED) is 0.290. The van der Waals surface area contributed by atoms with Crippen molar-refractivity contribution in [1.29, 1.82) is 0 Å². The number of nitrogens with zero attached hydrogens (tertiary/aromatic N) is 5. The smallest absolute Gasteiger partial charge is 0.378 e. The lowest BCUT2D eigenvalue weighted by molar-refractivity contribution is -0.141.